The molecule has 1 aromatic heterocycles. The molecule has 0 amide bonds. The highest BCUT2D eigenvalue weighted by molar-refractivity contribution is 6.30. The van der Waals surface area contributed by atoms with Crippen LogP contribution in [-0.4, -0.2) is 33.8 Å². The number of aliphatic imine (C=N–C) groups is 1. The van der Waals surface area contributed by atoms with Crippen molar-refractivity contribution in [2.24, 2.45) is 4.99 Å². The van der Waals surface area contributed by atoms with Crippen LogP contribution in [0.4, 0.5) is 0 Å². The van der Waals surface area contributed by atoms with Gasteiger partial charge in [0, 0.05) is 24.5 Å². The van der Waals surface area contributed by atoms with Crippen molar-refractivity contribution >= 4 is 17.6 Å². The van der Waals surface area contributed by atoms with E-state index in [2.05, 4.69) is 46.6 Å². The molecule has 0 aliphatic carbocycles. The van der Waals surface area contributed by atoms with Crippen molar-refractivity contribution in [1.29, 1.82) is 0 Å². The summed E-state index contributed by atoms with van der Waals surface area (Å²) in [6.07, 6.45) is 2.63. The minimum Gasteiger partial charge on any atom is -0.357 e. The molecule has 24 heavy (non-hydrogen) atoms. The maximum atomic E-state index is 5.94. The Bertz CT molecular complexity index is 649. The third-order valence-corrected chi connectivity index (χ3v) is 3.94. The molecule has 1 atom stereocenters. The highest BCUT2D eigenvalue weighted by Gasteiger charge is 2.08. The minimum absolute atomic E-state index is 0.140. The summed E-state index contributed by atoms with van der Waals surface area (Å²) in [5, 5.41) is 15.5. The van der Waals surface area contributed by atoms with E-state index in [-0.39, 0.29) is 6.04 Å². The molecule has 1 unspecified atom stereocenters. The van der Waals surface area contributed by atoms with Crippen LogP contribution in [0.25, 0.3) is 0 Å². The van der Waals surface area contributed by atoms with Crippen LogP contribution < -0.4 is 10.6 Å². The molecule has 7 heteroatoms. The van der Waals surface area contributed by atoms with E-state index < -0.39 is 0 Å². The second-order valence-corrected chi connectivity index (χ2v) is 5.91. The maximum Gasteiger partial charge on any atom is 0.191 e. The summed E-state index contributed by atoms with van der Waals surface area (Å²) < 4.78 is 2.04. The Labute approximate surface area is 148 Å². The number of aryl methyl sites for hydroxylation is 1. The van der Waals surface area contributed by atoms with Gasteiger partial charge in [-0.1, -0.05) is 30.7 Å². The molecule has 1 aromatic carbocycles. The van der Waals surface area contributed by atoms with Gasteiger partial charge in [0.2, 0.25) is 0 Å². The quantitative estimate of drug-likeness (QED) is 0.596. The summed E-state index contributed by atoms with van der Waals surface area (Å²) in [7, 11) is 0. The molecule has 130 valence electrons. The lowest BCUT2D eigenvalue weighted by atomic mass is 10.1. The van der Waals surface area contributed by atoms with Crippen molar-refractivity contribution in [3.05, 3.63) is 47.0 Å². The predicted molar refractivity (Wildman–Crippen MR) is 98.4 cm³/mol. The van der Waals surface area contributed by atoms with Crippen LogP contribution >= 0.6 is 11.6 Å². The molecular formula is C17H25ClN6. The van der Waals surface area contributed by atoms with Crippen molar-refractivity contribution < 1.29 is 0 Å². The minimum atomic E-state index is 0.140. The monoisotopic (exact) mass is 348 g/mol. The molecule has 0 saturated carbocycles. The average molecular weight is 349 g/mol. The van der Waals surface area contributed by atoms with Crippen LogP contribution in [0.15, 0.2) is 35.6 Å². The van der Waals surface area contributed by atoms with Gasteiger partial charge in [-0.3, -0.25) is 4.99 Å². The van der Waals surface area contributed by atoms with Crippen LogP contribution in [-0.2, 0) is 13.0 Å². The highest BCUT2D eigenvalue weighted by Crippen LogP contribution is 2.15. The van der Waals surface area contributed by atoms with E-state index >= 15 is 0 Å². The fourth-order valence-corrected chi connectivity index (χ4v) is 2.49. The van der Waals surface area contributed by atoms with Gasteiger partial charge in [-0.25, -0.2) is 0 Å². The number of aromatic nitrogens is 3. The second kappa shape index (κ2) is 9.27. The molecule has 0 radical (unpaired) electrons. The van der Waals surface area contributed by atoms with Gasteiger partial charge >= 0.3 is 0 Å². The van der Waals surface area contributed by atoms with Crippen LogP contribution in [0.5, 0.6) is 0 Å². The Morgan fingerprint density at radius 2 is 2.04 bits per heavy atom. The van der Waals surface area contributed by atoms with Gasteiger partial charge in [0.1, 0.15) is 12.2 Å². The van der Waals surface area contributed by atoms with E-state index in [1.165, 1.54) is 0 Å². The number of guanidine groups is 1. The summed E-state index contributed by atoms with van der Waals surface area (Å²) in [5.41, 5.74) is 1.16. The van der Waals surface area contributed by atoms with Gasteiger partial charge in [0.25, 0.3) is 0 Å². The van der Waals surface area contributed by atoms with E-state index in [9.17, 15) is 0 Å². The first-order chi connectivity index (χ1) is 11.6. The zero-order valence-corrected chi connectivity index (χ0v) is 15.2. The molecular weight excluding hydrogens is 324 g/mol. The molecule has 2 rings (SSSR count). The first-order valence-corrected chi connectivity index (χ1v) is 8.68. The zero-order valence-electron chi connectivity index (χ0n) is 14.5. The first kappa shape index (κ1) is 18.3. The summed E-state index contributed by atoms with van der Waals surface area (Å²) >= 11 is 5.94. The Morgan fingerprint density at radius 1 is 1.29 bits per heavy atom. The van der Waals surface area contributed by atoms with E-state index in [0.717, 1.165) is 41.9 Å². The van der Waals surface area contributed by atoms with Crippen molar-refractivity contribution in [2.45, 2.75) is 39.8 Å². The van der Waals surface area contributed by atoms with Gasteiger partial charge in [-0.05, 0) is 31.5 Å². The molecule has 0 aliphatic heterocycles. The topological polar surface area (TPSA) is 67.1 Å². The van der Waals surface area contributed by atoms with Crippen molar-refractivity contribution in [3.63, 3.8) is 0 Å². The van der Waals surface area contributed by atoms with Crippen molar-refractivity contribution in [2.75, 3.05) is 13.1 Å². The van der Waals surface area contributed by atoms with Crippen molar-refractivity contribution in [3.8, 4) is 0 Å². The fraction of sp³-hybridized carbons (Fsp3) is 0.471. The Balaban J connectivity index is 1.96. The fourth-order valence-electron chi connectivity index (χ4n) is 2.37. The number of halogens is 1. The average Bonchev–Trinajstić information content (AvgIpc) is 3.03. The highest BCUT2D eigenvalue weighted by atomic mass is 35.5. The zero-order chi connectivity index (χ0) is 17.4. The third kappa shape index (κ3) is 5.23. The van der Waals surface area contributed by atoms with Crippen LogP contribution in [0.2, 0.25) is 5.02 Å². The summed E-state index contributed by atoms with van der Waals surface area (Å²) in [6, 6.07) is 7.98. The van der Waals surface area contributed by atoms with E-state index in [1.807, 2.05) is 28.8 Å². The molecule has 0 fully saturated rings. The van der Waals surface area contributed by atoms with Gasteiger partial charge in [0.15, 0.2) is 5.96 Å². The standard InChI is InChI=1S/C17H25ClN6/c1-4-16-23-21-12-24(16)11-10-20-17(19-5-2)22-13(3)14-6-8-15(18)9-7-14/h6-9,12-13H,4-5,10-11H2,1-3H3,(H2,19,20,22). The normalized spacial score (nSPS) is 12.9. The van der Waals surface area contributed by atoms with Gasteiger partial charge in [-0.2, -0.15) is 0 Å². The lowest BCUT2D eigenvalue weighted by Gasteiger charge is -2.18. The number of benzene rings is 1. The molecule has 0 bridgehead atoms. The van der Waals surface area contributed by atoms with E-state index in [1.54, 1.807) is 6.33 Å². The van der Waals surface area contributed by atoms with Gasteiger partial charge in [-0.15, -0.1) is 10.2 Å². The molecule has 0 spiro atoms. The number of rotatable bonds is 7. The lowest BCUT2D eigenvalue weighted by Crippen LogP contribution is -2.39. The number of nitrogens with zero attached hydrogens (tertiary/aromatic N) is 4. The van der Waals surface area contributed by atoms with Crippen LogP contribution in [0.1, 0.15) is 38.2 Å². The summed E-state index contributed by atoms with van der Waals surface area (Å²) in [6.45, 7) is 8.47. The van der Waals surface area contributed by atoms with E-state index in [4.69, 9.17) is 11.6 Å². The molecule has 6 nitrogen and oxygen atoms in total. The Kier molecular flexibility index (Phi) is 7.06. The van der Waals surface area contributed by atoms with E-state index in [0.29, 0.717) is 6.54 Å². The maximum absolute atomic E-state index is 5.94. The molecule has 0 saturated heterocycles. The first-order valence-electron chi connectivity index (χ1n) is 8.31. The smallest absolute Gasteiger partial charge is 0.191 e. The summed E-state index contributed by atoms with van der Waals surface area (Å²) in [5.74, 6) is 1.78. The largest absolute Gasteiger partial charge is 0.357 e. The number of hydrogen-bond acceptors (Lipinski definition) is 3. The third-order valence-electron chi connectivity index (χ3n) is 3.69. The SMILES string of the molecule is CCNC(=NCCn1cnnc1CC)NC(C)c1ccc(Cl)cc1. The predicted octanol–water partition coefficient (Wildman–Crippen LogP) is 2.81. The molecule has 2 N–H and O–H groups in total. The Morgan fingerprint density at radius 3 is 2.71 bits per heavy atom. The van der Waals surface area contributed by atoms with Crippen LogP contribution in [0.3, 0.4) is 0 Å². The number of nitrogens with one attached hydrogen (secondary N) is 2. The van der Waals surface area contributed by atoms with Gasteiger partial charge in [0.05, 0.1) is 12.6 Å². The lowest BCUT2D eigenvalue weighted by molar-refractivity contribution is 0.649. The second-order valence-electron chi connectivity index (χ2n) is 5.47. The Hall–Kier alpha value is -2.08. The van der Waals surface area contributed by atoms with Crippen LogP contribution in [0, 0.1) is 0 Å². The van der Waals surface area contributed by atoms with Gasteiger partial charge < -0.3 is 15.2 Å². The molecule has 0 aliphatic rings. The number of hydrogen-bond donors (Lipinski definition) is 2. The van der Waals surface area contributed by atoms with Crippen molar-refractivity contribution in [1.82, 2.24) is 25.4 Å². The molecule has 2 aromatic rings. The summed E-state index contributed by atoms with van der Waals surface area (Å²) in [4.78, 5) is 4.64. The molecule has 1 heterocycles.